The lowest BCUT2D eigenvalue weighted by molar-refractivity contribution is 0.101. The van der Waals surface area contributed by atoms with Gasteiger partial charge in [0, 0.05) is 25.4 Å². The van der Waals surface area contributed by atoms with Gasteiger partial charge >= 0.3 is 0 Å². The number of nitrogens with one attached hydrogen (secondary N) is 2. The van der Waals surface area contributed by atoms with Gasteiger partial charge in [-0.3, -0.25) is 0 Å². The fourth-order valence-electron chi connectivity index (χ4n) is 2.38. The molecule has 18 heavy (non-hydrogen) atoms. The van der Waals surface area contributed by atoms with E-state index in [1.165, 1.54) is 6.42 Å². The van der Waals surface area contributed by atoms with E-state index in [0.717, 1.165) is 30.8 Å². The van der Waals surface area contributed by atoms with Crippen molar-refractivity contribution >= 4 is 11.8 Å². The average molecular weight is 250 g/mol. The molecule has 0 bridgehead atoms. The second kappa shape index (κ2) is 6.00. The molecule has 0 spiro atoms. The van der Waals surface area contributed by atoms with Crippen LogP contribution >= 0.6 is 0 Å². The van der Waals surface area contributed by atoms with Crippen LogP contribution in [0.25, 0.3) is 0 Å². The quantitative estimate of drug-likeness (QED) is 0.839. The third kappa shape index (κ3) is 2.90. The molecule has 1 aliphatic rings. The van der Waals surface area contributed by atoms with Crippen LogP contribution in [0.3, 0.4) is 0 Å². The molecule has 0 radical (unpaired) electrons. The van der Waals surface area contributed by atoms with E-state index in [-0.39, 0.29) is 0 Å². The van der Waals surface area contributed by atoms with Crippen LogP contribution in [0.2, 0.25) is 0 Å². The first-order valence-corrected chi connectivity index (χ1v) is 6.61. The lowest BCUT2D eigenvalue weighted by atomic mass is 10.2. The number of anilines is 2. The maximum Gasteiger partial charge on any atom is 0.224 e. The van der Waals surface area contributed by atoms with Crippen LogP contribution in [0.4, 0.5) is 11.8 Å². The molecule has 0 aliphatic heterocycles. The van der Waals surface area contributed by atoms with E-state index in [4.69, 9.17) is 4.74 Å². The molecular weight excluding hydrogens is 228 g/mol. The zero-order valence-corrected chi connectivity index (χ0v) is 11.4. The van der Waals surface area contributed by atoms with Gasteiger partial charge in [0.05, 0.1) is 12.1 Å². The number of ether oxygens (including phenoxy) is 1. The molecule has 2 rings (SSSR count). The number of hydrogen-bond acceptors (Lipinski definition) is 5. The summed E-state index contributed by atoms with van der Waals surface area (Å²) in [6, 6.07) is 0.359. The van der Waals surface area contributed by atoms with Gasteiger partial charge in [0.15, 0.2) is 0 Å². The number of aromatic nitrogens is 2. The van der Waals surface area contributed by atoms with E-state index in [1.54, 1.807) is 7.11 Å². The standard InChI is InChI=1S/C13H22N4O/c1-4-14-13-15-8-9(2)12(17-13)16-10-6-5-7-11(10)18-3/h8,10-11H,4-7H2,1-3H3,(H2,14,15,16,17). The number of hydrogen-bond donors (Lipinski definition) is 2. The Bertz CT molecular complexity index is 397. The molecule has 1 aromatic heterocycles. The Balaban J connectivity index is 2.09. The maximum atomic E-state index is 5.49. The molecule has 2 N–H and O–H groups in total. The largest absolute Gasteiger partial charge is 0.379 e. The van der Waals surface area contributed by atoms with Gasteiger partial charge in [-0.2, -0.15) is 4.98 Å². The van der Waals surface area contributed by atoms with E-state index in [9.17, 15) is 0 Å². The third-order valence-corrected chi connectivity index (χ3v) is 3.38. The van der Waals surface area contributed by atoms with Crippen molar-refractivity contribution in [2.45, 2.75) is 45.3 Å². The molecular formula is C13H22N4O. The number of rotatable bonds is 5. The van der Waals surface area contributed by atoms with Gasteiger partial charge in [-0.1, -0.05) is 0 Å². The van der Waals surface area contributed by atoms with E-state index >= 15 is 0 Å². The molecule has 1 saturated carbocycles. The van der Waals surface area contributed by atoms with Crippen LogP contribution in [0.1, 0.15) is 31.7 Å². The van der Waals surface area contributed by atoms with Gasteiger partial charge in [0.1, 0.15) is 5.82 Å². The second-order valence-corrected chi connectivity index (χ2v) is 4.71. The Morgan fingerprint density at radius 3 is 3.00 bits per heavy atom. The predicted molar refractivity (Wildman–Crippen MR) is 73.0 cm³/mol. The van der Waals surface area contributed by atoms with Gasteiger partial charge in [-0.15, -0.1) is 0 Å². The lowest BCUT2D eigenvalue weighted by Gasteiger charge is -2.21. The van der Waals surface area contributed by atoms with Gasteiger partial charge in [-0.05, 0) is 33.1 Å². The van der Waals surface area contributed by atoms with Crippen molar-refractivity contribution in [3.63, 3.8) is 0 Å². The Hall–Kier alpha value is -1.36. The summed E-state index contributed by atoms with van der Waals surface area (Å²) in [5.74, 6) is 1.59. The van der Waals surface area contributed by atoms with Crippen LogP contribution in [-0.2, 0) is 4.74 Å². The topological polar surface area (TPSA) is 59.1 Å². The average Bonchev–Trinajstić information content (AvgIpc) is 2.81. The highest BCUT2D eigenvalue weighted by Gasteiger charge is 2.27. The summed E-state index contributed by atoms with van der Waals surface area (Å²) < 4.78 is 5.49. The predicted octanol–water partition coefficient (Wildman–Crippen LogP) is 2.20. The summed E-state index contributed by atoms with van der Waals surface area (Å²) in [5.41, 5.74) is 1.07. The van der Waals surface area contributed by atoms with E-state index < -0.39 is 0 Å². The van der Waals surface area contributed by atoms with Crippen LogP contribution < -0.4 is 10.6 Å². The Labute approximate surface area is 108 Å². The van der Waals surface area contributed by atoms with E-state index in [0.29, 0.717) is 18.1 Å². The van der Waals surface area contributed by atoms with Crippen molar-refractivity contribution in [1.29, 1.82) is 0 Å². The van der Waals surface area contributed by atoms with Crippen LogP contribution in [-0.4, -0.2) is 35.8 Å². The highest BCUT2D eigenvalue weighted by Crippen LogP contribution is 2.25. The van der Waals surface area contributed by atoms with E-state index in [1.807, 2.05) is 20.0 Å². The zero-order chi connectivity index (χ0) is 13.0. The highest BCUT2D eigenvalue weighted by molar-refractivity contribution is 5.47. The first kappa shape index (κ1) is 13.1. The number of methoxy groups -OCH3 is 1. The SMILES string of the molecule is CCNc1ncc(C)c(NC2CCCC2OC)n1. The van der Waals surface area contributed by atoms with Crippen molar-refractivity contribution in [3.05, 3.63) is 11.8 Å². The van der Waals surface area contributed by atoms with Gasteiger partial charge in [0.25, 0.3) is 0 Å². The maximum absolute atomic E-state index is 5.49. The van der Waals surface area contributed by atoms with Crippen molar-refractivity contribution in [3.8, 4) is 0 Å². The van der Waals surface area contributed by atoms with Gasteiger partial charge < -0.3 is 15.4 Å². The molecule has 100 valence electrons. The van der Waals surface area contributed by atoms with Crippen molar-refractivity contribution in [2.75, 3.05) is 24.3 Å². The monoisotopic (exact) mass is 250 g/mol. The Kier molecular flexibility index (Phi) is 4.36. The smallest absolute Gasteiger partial charge is 0.224 e. The molecule has 2 atom stereocenters. The van der Waals surface area contributed by atoms with Crippen molar-refractivity contribution in [2.24, 2.45) is 0 Å². The zero-order valence-electron chi connectivity index (χ0n) is 11.4. The van der Waals surface area contributed by atoms with Crippen LogP contribution in [0, 0.1) is 6.92 Å². The normalized spacial score (nSPS) is 23.1. The summed E-state index contributed by atoms with van der Waals surface area (Å²) in [6.07, 6.45) is 5.61. The third-order valence-electron chi connectivity index (χ3n) is 3.38. The molecule has 0 aromatic carbocycles. The van der Waals surface area contributed by atoms with Crippen LogP contribution in [0.5, 0.6) is 0 Å². The first-order chi connectivity index (χ1) is 8.74. The molecule has 5 nitrogen and oxygen atoms in total. The number of aryl methyl sites for hydroxylation is 1. The second-order valence-electron chi connectivity index (χ2n) is 4.71. The summed E-state index contributed by atoms with van der Waals surface area (Å²) in [6.45, 7) is 4.88. The highest BCUT2D eigenvalue weighted by atomic mass is 16.5. The van der Waals surface area contributed by atoms with Crippen molar-refractivity contribution < 1.29 is 4.74 Å². The fraction of sp³-hybridized carbons (Fsp3) is 0.692. The van der Waals surface area contributed by atoms with Gasteiger partial charge in [-0.25, -0.2) is 4.98 Å². The van der Waals surface area contributed by atoms with Crippen molar-refractivity contribution in [1.82, 2.24) is 9.97 Å². The summed E-state index contributed by atoms with van der Waals surface area (Å²) in [5, 5.41) is 6.62. The minimum absolute atomic E-state index is 0.293. The lowest BCUT2D eigenvalue weighted by Crippen LogP contribution is -2.30. The summed E-state index contributed by atoms with van der Waals surface area (Å²) in [4.78, 5) is 8.75. The summed E-state index contributed by atoms with van der Waals surface area (Å²) in [7, 11) is 1.78. The minimum Gasteiger partial charge on any atom is -0.379 e. The summed E-state index contributed by atoms with van der Waals surface area (Å²) >= 11 is 0. The Morgan fingerprint density at radius 2 is 2.28 bits per heavy atom. The molecule has 0 saturated heterocycles. The van der Waals surface area contributed by atoms with Crippen LogP contribution in [0.15, 0.2) is 6.20 Å². The molecule has 1 aromatic rings. The van der Waals surface area contributed by atoms with E-state index in [2.05, 4.69) is 20.6 Å². The minimum atomic E-state index is 0.293. The molecule has 2 unspecified atom stereocenters. The molecule has 1 heterocycles. The number of nitrogens with zero attached hydrogens (tertiary/aromatic N) is 2. The molecule has 5 heteroatoms. The fourth-order valence-corrected chi connectivity index (χ4v) is 2.38. The van der Waals surface area contributed by atoms with Gasteiger partial charge in [0.2, 0.25) is 5.95 Å². The molecule has 1 fully saturated rings. The first-order valence-electron chi connectivity index (χ1n) is 6.61. The molecule has 1 aliphatic carbocycles. The Morgan fingerprint density at radius 1 is 1.44 bits per heavy atom. The molecule has 0 amide bonds.